The topological polar surface area (TPSA) is 33.6 Å². The van der Waals surface area contributed by atoms with Crippen LogP contribution in [0.1, 0.15) is 26.2 Å². The van der Waals surface area contributed by atoms with Crippen LogP contribution in [0.2, 0.25) is 0 Å². The fourth-order valence-electron chi connectivity index (χ4n) is 1.56. The van der Waals surface area contributed by atoms with E-state index in [1.807, 2.05) is 0 Å². The number of rotatable bonds is 1. The average Bonchev–Trinajstić information content (AvgIpc) is 2.30. The van der Waals surface area contributed by atoms with Gasteiger partial charge in [0.05, 0.1) is 0 Å². The van der Waals surface area contributed by atoms with Gasteiger partial charge in [0.15, 0.2) is 4.77 Å². The molecule has 0 saturated heterocycles. The van der Waals surface area contributed by atoms with Crippen molar-refractivity contribution in [1.29, 1.82) is 0 Å². The van der Waals surface area contributed by atoms with Crippen molar-refractivity contribution in [3.8, 4) is 0 Å². The minimum Gasteiger partial charge on any atom is -0.301 e. The number of aromatic amines is 1. The van der Waals surface area contributed by atoms with Gasteiger partial charge in [0, 0.05) is 5.54 Å². The van der Waals surface area contributed by atoms with E-state index in [1.54, 1.807) is 6.33 Å². The minimum atomic E-state index is 0.254. The molecule has 0 spiro atoms. The van der Waals surface area contributed by atoms with Crippen LogP contribution < -0.4 is 0 Å². The first kappa shape index (κ1) is 7.03. The first-order valence-corrected chi connectivity index (χ1v) is 4.26. The van der Waals surface area contributed by atoms with Gasteiger partial charge in [-0.3, -0.25) is 5.10 Å². The lowest BCUT2D eigenvalue weighted by Crippen LogP contribution is -2.36. The smallest absolute Gasteiger partial charge is 0.195 e. The summed E-state index contributed by atoms with van der Waals surface area (Å²) in [7, 11) is 0. The molecule has 1 aromatic heterocycles. The monoisotopic (exact) mass is 169 g/mol. The highest BCUT2D eigenvalue weighted by Crippen LogP contribution is 2.38. The molecule has 1 aliphatic carbocycles. The maximum atomic E-state index is 5.08. The van der Waals surface area contributed by atoms with Gasteiger partial charge in [-0.25, -0.2) is 0 Å². The molecule has 4 heteroatoms. The summed E-state index contributed by atoms with van der Waals surface area (Å²) < 4.78 is 2.80. The molecule has 0 bridgehead atoms. The largest absolute Gasteiger partial charge is 0.301 e. The number of nitrogens with zero attached hydrogens (tertiary/aromatic N) is 2. The summed E-state index contributed by atoms with van der Waals surface area (Å²) >= 11 is 5.08. The fourth-order valence-corrected chi connectivity index (χ4v) is 1.88. The van der Waals surface area contributed by atoms with E-state index in [-0.39, 0.29) is 5.54 Å². The van der Waals surface area contributed by atoms with E-state index in [2.05, 4.69) is 21.7 Å². The van der Waals surface area contributed by atoms with E-state index < -0.39 is 0 Å². The van der Waals surface area contributed by atoms with Gasteiger partial charge < -0.3 is 4.57 Å². The van der Waals surface area contributed by atoms with Crippen LogP contribution in [-0.4, -0.2) is 14.8 Å². The normalized spacial score (nSPS) is 21.2. The zero-order valence-electron chi connectivity index (χ0n) is 6.50. The summed E-state index contributed by atoms with van der Waals surface area (Å²) in [6.45, 7) is 2.22. The molecule has 0 amide bonds. The van der Waals surface area contributed by atoms with Crippen LogP contribution in [0.4, 0.5) is 0 Å². The average molecular weight is 169 g/mol. The van der Waals surface area contributed by atoms with E-state index in [9.17, 15) is 0 Å². The zero-order chi connectivity index (χ0) is 7.90. The summed E-state index contributed by atoms with van der Waals surface area (Å²) in [6, 6.07) is 0. The van der Waals surface area contributed by atoms with E-state index in [4.69, 9.17) is 12.2 Å². The Labute approximate surface area is 70.4 Å². The Morgan fingerprint density at radius 2 is 2.45 bits per heavy atom. The fraction of sp³-hybridized carbons (Fsp3) is 0.714. The SMILES string of the molecule is CC1(n2cn[nH]c2=S)CCC1. The second-order valence-corrected chi connectivity index (χ2v) is 3.77. The van der Waals surface area contributed by atoms with Gasteiger partial charge >= 0.3 is 0 Å². The van der Waals surface area contributed by atoms with Gasteiger partial charge in [-0.1, -0.05) is 0 Å². The van der Waals surface area contributed by atoms with Crippen LogP contribution in [0.5, 0.6) is 0 Å². The van der Waals surface area contributed by atoms with E-state index in [0.717, 1.165) is 4.77 Å². The molecule has 11 heavy (non-hydrogen) atoms. The van der Waals surface area contributed by atoms with Gasteiger partial charge in [0.2, 0.25) is 0 Å². The number of aromatic nitrogens is 3. The maximum absolute atomic E-state index is 5.08. The minimum absolute atomic E-state index is 0.254. The molecule has 0 unspecified atom stereocenters. The third kappa shape index (κ3) is 0.929. The first-order valence-electron chi connectivity index (χ1n) is 3.85. The van der Waals surface area contributed by atoms with Crippen LogP contribution >= 0.6 is 12.2 Å². The Bertz CT molecular complexity index is 307. The van der Waals surface area contributed by atoms with Gasteiger partial charge in [-0.15, -0.1) is 0 Å². The van der Waals surface area contributed by atoms with Crippen LogP contribution in [0.3, 0.4) is 0 Å². The maximum Gasteiger partial charge on any atom is 0.195 e. The molecule has 0 aromatic carbocycles. The highest BCUT2D eigenvalue weighted by atomic mass is 32.1. The summed E-state index contributed by atoms with van der Waals surface area (Å²) in [5.41, 5.74) is 0.254. The summed E-state index contributed by atoms with van der Waals surface area (Å²) in [5.74, 6) is 0. The predicted octanol–water partition coefficient (Wildman–Crippen LogP) is 1.84. The second-order valence-electron chi connectivity index (χ2n) is 3.38. The van der Waals surface area contributed by atoms with E-state index in [0.29, 0.717) is 0 Å². The Morgan fingerprint density at radius 3 is 2.82 bits per heavy atom. The molecule has 0 aliphatic heterocycles. The summed E-state index contributed by atoms with van der Waals surface area (Å²) in [5, 5.41) is 6.67. The zero-order valence-corrected chi connectivity index (χ0v) is 7.32. The summed E-state index contributed by atoms with van der Waals surface area (Å²) in [6.07, 6.45) is 5.55. The Kier molecular flexibility index (Phi) is 1.39. The molecule has 1 heterocycles. The third-order valence-corrected chi connectivity index (χ3v) is 2.85. The van der Waals surface area contributed by atoms with Gasteiger partial charge in [0.1, 0.15) is 6.33 Å². The Balaban J connectivity index is 2.42. The van der Waals surface area contributed by atoms with Crippen molar-refractivity contribution in [3.63, 3.8) is 0 Å². The first-order chi connectivity index (χ1) is 5.22. The number of hydrogen-bond acceptors (Lipinski definition) is 2. The van der Waals surface area contributed by atoms with Gasteiger partial charge in [-0.2, -0.15) is 5.10 Å². The highest BCUT2D eigenvalue weighted by molar-refractivity contribution is 7.71. The van der Waals surface area contributed by atoms with E-state index >= 15 is 0 Å². The van der Waals surface area contributed by atoms with Crippen molar-refractivity contribution in [2.75, 3.05) is 0 Å². The number of hydrogen-bond donors (Lipinski definition) is 1. The lowest BCUT2D eigenvalue weighted by atomic mass is 9.78. The molecule has 1 aromatic rings. The Hall–Kier alpha value is -0.640. The number of H-pyrrole nitrogens is 1. The standard InChI is InChI=1S/C7H11N3S/c1-7(3-2-4-7)10-5-8-9-6(10)11/h5H,2-4H2,1H3,(H,9,11). The lowest BCUT2D eigenvalue weighted by Gasteiger charge is -2.39. The van der Waals surface area contributed by atoms with Gasteiger partial charge in [-0.05, 0) is 38.4 Å². The van der Waals surface area contributed by atoms with Crippen LogP contribution in [-0.2, 0) is 5.54 Å². The van der Waals surface area contributed by atoms with Gasteiger partial charge in [0.25, 0.3) is 0 Å². The molecule has 1 fully saturated rings. The molecule has 0 radical (unpaired) electrons. The van der Waals surface area contributed by atoms with Crippen molar-refractivity contribution in [1.82, 2.24) is 14.8 Å². The molecule has 1 aliphatic rings. The molecule has 60 valence electrons. The molecule has 3 nitrogen and oxygen atoms in total. The molecule has 2 rings (SSSR count). The summed E-state index contributed by atoms with van der Waals surface area (Å²) in [4.78, 5) is 0. The molecular weight excluding hydrogens is 158 g/mol. The van der Waals surface area contributed by atoms with E-state index in [1.165, 1.54) is 19.3 Å². The third-order valence-electron chi connectivity index (χ3n) is 2.56. The van der Waals surface area contributed by atoms with Crippen LogP contribution in [0.25, 0.3) is 0 Å². The highest BCUT2D eigenvalue weighted by Gasteiger charge is 2.33. The Morgan fingerprint density at radius 1 is 1.73 bits per heavy atom. The number of nitrogens with one attached hydrogen (secondary N) is 1. The van der Waals surface area contributed by atoms with Crippen molar-refractivity contribution in [2.45, 2.75) is 31.7 Å². The van der Waals surface area contributed by atoms with Crippen LogP contribution in [0, 0.1) is 4.77 Å². The second kappa shape index (κ2) is 2.17. The quantitative estimate of drug-likeness (QED) is 0.651. The molecule has 1 N–H and O–H groups in total. The van der Waals surface area contributed by atoms with Crippen molar-refractivity contribution >= 4 is 12.2 Å². The lowest BCUT2D eigenvalue weighted by molar-refractivity contribution is 0.166. The van der Waals surface area contributed by atoms with Crippen molar-refractivity contribution < 1.29 is 0 Å². The molecule has 1 saturated carbocycles. The van der Waals surface area contributed by atoms with Crippen LogP contribution in [0.15, 0.2) is 6.33 Å². The predicted molar refractivity (Wildman–Crippen MR) is 44.9 cm³/mol. The molecule has 0 atom stereocenters. The van der Waals surface area contributed by atoms with Crippen molar-refractivity contribution in [3.05, 3.63) is 11.1 Å². The molecular formula is C7H11N3S. The van der Waals surface area contributed by atoms with Crippen molar-refractivity contribution in [2.24, 2.45) is 0 Å².